The first-order valence-electron chi connectivity index (χ1n) is 6.06. The van der Waals surface area contributed by atoms with E-state index in [4.69, 9.17) is 5.11 Å². The molecule has 0 atom stereocenters. The number of aryl methyl sites for hydroxylation is 1. The highest BCUT2D eigenvalue weighted by Gasteiger charge is 2.28. The van der Waals surface area contributed by atoms with Crippen LogP contribution >= 0.6 is 0 Å². The summed E-state index contributed by atoms with van der Waals surface area (Å²) in [5.74, 6) is -1.07. The second-order valence-electron chi connectivity index (χ2n) is 4.69. The molecule has 102 valence electrons. The first-order chi connectivity index (χ1) is 9.54. The summed E-state index contributed by atoms with van der Waals surface area (Å²) in [6.45, 7) is 0.294. The molecule has 0 bridgehead atoms. The van der Waals surface area contributed by atoms with E-state index in [2.05, 4.69) is 10.3 Å². The van der Waals surface area contributed by atoms with Gasteiger partial charge in [-0.3, -0.25) is 9.48 Å². The van der Waals surface area contributed by atoms with Crippen molar-refractivity contribution < 1.29 is 14.7 Å². The number of rotatable bonds is 3. The summed E-state index contributed by atoms with van der Waals surface area (Å²) in [6, 6.07) is 4.73. The molecule has 20 heavy (non-hydrogen) atoms. The maximum atomic E-state index is 12.0. The average molecular weight is 272 g/mol. The lowest BCUT2D eigenvalue weighted by Gasteiger charge is -2.16. The third kappa shape index (κ3) is 2.03. The Morgan fingerprint density at radius 3 is 2.90 bits per heavy atom. The summed E-state index contributed by atoms with van der Waals surface area (Å²) >= 11 is 0. The quantitative estimate of drug-likeness (QED) is 0.884. The van der Waals surface area contributed by atoms with Crippen LogP contribution in [0.1, 0.15) is 21.6 Å². The smallest absolute Gasteiger partial charge is 0.335 e. The van der Waals surface area contributed by atoms with Gasteiger partial charge < -0.3 is 10.0 Å². The highest BCUT2D eigenvalue weighted by Crippen LogP contribution is 2.31. The van der Waals surface area contributed by atoms with Crippen LogP contribution in [0.5, 0.6) is 0 Å². The van der Waals surface area contributed by atoms with Crippen LogP contribution in [0.3, 0.4) is 0 Å². The summed E-state index contributed by atoms with van der Waals surface area (Å²) in [4.78, 5) is 24.6. The number of aromatic nitrogens is 3. The van der Waals surface area contributed by atoms with E-state index in [0.29, 0.717) is 17.9 Å². The van der Waals surface area contributed by atoms with Crippen molar-refractivity contribution in [3.63, 3.8) is 0 Å². The number of amides is 1. The van der Waals surface area contributed by atoms with Gasteiger partial charge in [0.05, 0.1) is 18.5 Å². The van der Waals surface area contributed by atoms with Gasteiger partial charge in [-0.2, -0.15) is 0 Å². The van der Waals surface area contributed by atoms with Crippen LogP contribution in [0.4, 0.5) is 5.69 Å². The topological polar surface area (TPSA) is 88.3 Å². The van der Waals surface area contributed by atoms with Gasteiger partial charge in [-0.1, -0.05) is 11.3 Å². The number of hydrogen-bond acceptors (Lipinski definition) is 4. The number of carboxylic acids is 1. The molecule has 0 radical (unpaired) electrons. The second-order valence-corrected chi connectivity index (χ2v) is 4.69. The zero-order chi connectivity index (χ0) is 14.3. The number of hydrogen-bond donors (Lipinski definition) is 1. The van der Waals surface area contributed by atoms with E-state index in [-0.39, 0.29) is 17.9 Å². The Hall–Kier alpha value is -2.70. The Bertz CT molecular complexity index is 707. The fourth-order valence-electron chi connectivity index (χ4n) is 2.29. The van der Waals surface area contributed by atoms with E-state index in [1.54, 1.807) is 28.9 Å². The van der Waals surface area contributed by atoms with Gasteiger partial charge in [0.1, 0.15) is 5.69 Å². The van der Waals surface area contributed by atoms with E-state index in [9.17, 15) is 9.59 Å². The molecule has 1 aromatic heterocycles. The van der Waals surface area contributed by atoms with Gasteiger partial charge in [-0.05, 0) is 17.7 Å². The molecule has 1 amide bonds. The van der Waals surface area contributed by atoms with Gasteiger partial charge in [0, 0.05) is 18.9 Å². The van der Waals surface area contributed by atoms with Crippen molar-refractivity contribution in [2.75, 3.05) is 4.90 Å². The minimum atomic E-state index is -1.01. The van der Waals surface area contributed by atoms with Crippen molar-refractivity contribution in [2.45, 2.75) is 13.0 Å². The van der Waals surface area contributed by atoms with Gasteiger partial charge in [-0.25, -0.2) is 4.79 Å². The molecule has 1 aliphatic rings. The van der Waals surface area contributed by atoms with Gasteiger partial charge >= 0.3 is 5.97 Å². The Morgan fingerprint density at radius 2 is 2.25 bits per heavy atom. The Kier molecular flexibility index (Phi) is 2.74. The van der Waals surface area contributed by atoms with E-state index in [0.717, 1.165) is 5.56 Å². The fraction of sp³-hybridized carbons (Fsp3) is 0.231. The van der Waals surface area contributed by atoms with Crippen molar-refractivity contribution in [1.82, 2.24) is 15.0 Å². The molecule has 0 unspecified atom stereocenters. The summed E-state index contributed by atoms with van der Waals surface area (Å²) in [6.07, 6.45) is 2.02. The largest absolute Gasteiger partial charge is 0.478 e. The van der Waals surface area contributed by atoms with E-state index < -0.39 is 5.97 Å². The molecule has 0 saturated heterocycles. The van der Waals surface area contributed by atoms with Crippen LogP contribution in [0.15, 0.2) is 24.4 Å². The Labute approximate surface area is 114 Å². The monoisotopic (exact) mass is 272 g/mol. The summed E-state index contributed by atoms with van der Waals surface area (Å²) in [5.41, 5.74) is 2.31. The predicted molar refractivity (Wildman–Crippen MR) is 69.3 cm³/mol. The molecule has 0 fully saturated rings. The maximum absolute atomic E-state index is 12.0. The number of carbonyl (C=O) groups is 2. The number of fused-ring (bicyclic) bond motifs is 1. The number of aromatic carboxylic acids is 1. The van der Waals surface area contributed by atoms with Gasteiger partial charge in [-0.15, -0.1) is 5.10 Å². The highest BCUT2D eigenvalue weighted by atomic mass is 16.4. The molecule has 1 aliphatic heterocycles. The SMILES string of the molecule is Cn1cc(CN2C(=O)Cc3ccc(C(=O)O)cc32)nn1. The Balaban J connectivity index is 1.95. The van der Waals surface area contributed by atoms with Crippen LogP contribution in [0.2, 0.25) is 0 Å². The maximum Gasteiger partial charge on any atom is 0.335 e. The second kappa shape index (κ2) is 4.44. The third-order valence-corrected chi connectivity index (χ3v) is 3.24. The summed E-state index contributed by atoms with van der Waals surface area (Å²) in [5, 5.41) is 16.8. The van der Waals surface area contributed by atoms with E-state index in [1.165, 1.54) is 12.1 Å². The number of carbonyl (C=O) groups excluding carboxylic acids is 1. The lowest BCUT2D eigenvalue weighted by atomic mass is 10.1. The molecule has 2 aromatic rings. The van der Waals surface area contributed by atoms with Gasteiger partial charge in [0.2, 0.25) is 5.91 Å². The predicted octanol–water partition coefficient (Wildman–Crippen LogP) is 0.603. The third-order valence-electron chi connectivity index (χ3n) is 3.24. The first kappa shape index (κ1) is 12.3. The Morgan fingerprint density at radius 1 is 1.45 bits per heavy atom. The van der Waals surface area contributed by atoms with Gasteiger partial charge in [0.25, 0.3) is 0 Å². The zero-order valence-electron chi connectivity index (χ0n) is 10.8. The average Bonchev–Trinajstić information content (AvgIpc) is 2.94. The van der Waals surface area contributed by atoms with Crippen molar-refractivity contribution in [3.8, 4) is 0 Å². The molecule has 7 nitrogen and oxygen atoms in total. The summed E-state index contributed by atoms with van der Waals surface area (Å²) in [7, 11) is 1.75. The van der Waals surface area contributed by atoms with Crippen LogP contribution in [-0.4, -0.2) is 32.0 Å². The minimum absolute atomic E-state index is 0.0619. The van der Waals surface area contributed by atoms with Crippen molar-refractivity contribution in [2.24, 2.45) is 7.05 Å². The highest BCUT2D eigenvalue weighted by molar-refractivity contribution is 6.02. The molecule has 0 spiro atoms. The number of carboxylic acid groups (broad SMARTS) is 1. The number of nitrogens with zero attached hydrogens (tertiary/aromatic N) is 4. The van der Waals surface area contributed by atoms with Crippen molar-refractivity contribution in [3.05, 3.63) is 41.2 Å². The van der Waals surface area contributed by atoms with E-state index >= 15 is 0 Å². The standard InChI is InChI=1S/C13H12N4O3/c1-16-6-10(14-15-16)7-17-11-4-9(13(19)20)3-2-8(11)5-12(17)18/h2-4,6H,5,7H2,1H3,(H,19,20). The van der Waals surface area contributed by atoms with Crippen LogP contribution in [-0.2, 0) is 24.8 Å². The minimum Gasteiger partial charge on any atom is -0.478 e. The molecule has 7 heteroatoms. The van der Waals surface area contributed by atoms with Crippen LogP contribution in [0.25, 0.3) is 0 Å². The first-order valence-corrected chi connectivity index (χ1v) is 6.06. The molecule has 0 aliphatic carbocycles. The van der Waals surface area contributed by atoms with Crippen molar-refractivity contribution in [1.29, 1.82) is 0 Å². The molecule has 0 saturated carbocycles. The molecular weight excluding hydrogens is 260 g/mol. The lowest BCUT2D eigenvalue weighted by Crippen LogP contribution is -2.26. The van der Waals surface area contributed by atoms with Crippen LogP contribution in [0, 0.1) is 0 Å². The molecular formula is C13H12N4O3. The fourth-order valence-corrected chi connectivity index (χ4v) is 2.29. The molecule has 3 rings (SSSR count). The zero-order valence-corrected chi connectivity index (χ0v) is 10.8. The summed E-state index contributed by atoms with van der Waals surface area (Å²) < 4.78 is 1.56. The van der Waals surface area contributed by atoms with Crippen LogP contribution < -0.4 is 4.90 Å². The molecule has 2 heterocycles. The molecule has 1 aromatic carbocycles. The number of anilines is 1. The van der Waals surface area contributed by atoms with Crippen molar-refractivity contribution >= 4 is 17.6 Å². The van der Waals surface area contributed by atoms with E-state index in [1.807, 2.05) is 0 Å². The lowest BCUT2D eigenvalue weighted by molar-refractivity contribution is -0.117. The number of benzene rings is 1. The normalized spacial score (nSPS) is 13.7. The molecule has 1 N–H and O–H groups in total. The van der Waals surface area contributed by atoms with Gasteiger partial charge in [0.15, 0.2) is 0 Å².